The highest BCUT2D eigenvalue weighted by Gasteiger charge is 2.40. The molecule has 0 spiro atoms. The Bertz CT molecular complexity index is 145. The number of aliphatic hydroxyl groups is 1. The van der Waals surface area contributed by atoms with Gasteiger partial charge in [0.15, 0.2) is 0 Å². The molecular formula is C6H11F4NO2. The number of aliphatic hydroxyl groups excluding tert-OH is 1. The summed E-state index contributed by atoms with van der Waals surface area (Å²) in [7, 11) is 0. The first-order valence-electron chi connectivity index (χ1n) is 3.52. The van der Waals surface area contributed by atoms with Gasteiger partial charge in [-0.25, -0.2) is 8.78 Å². The summed E-state index contributed by atoms with van der Waals surface area (Å²) in [6.45, 7) is -2.05. The van der Waals surface area contributed by atoms with Gasteiger partial charge in [0.05, 0.1) is 12.7 Å². The van der Waals surface area contributed by atoms with Crippen LogP contribution in [0.4, 0.5) is 17.6 Å². The fourth-order valence-corrected chi connectivity index (χ4v) is 0.462. The van der Waals surface area contributed by atoms with Gasteiger partial charge in [0.1, 0.15) is 6.61 Å². The van der Waals surface area contributed by atoms with E-state index in [9.17, 15) is 17.6 Å². The van der Waals surface area contributed by atoms with Gasteiger partial charge in [-0.1, -0.05) is 0 Å². The van der Waals surface area contributed by atoms with Crippen LogP contribution in [0.1, 0.15) is 0 Å². The van der Waals surface area contributed by atoms with Gasteiger partial charge < -0.3 is 15.6 Å². The van der Waals surface area contributed by atoms with Crippen LogP contribution in [0.2, 0.25) is 0 Å². The molecule has 0 aromatic rings. The summed E-state index contributed by atoms with van der Waals surface area (Å²) in [6, 6.07) is 0. The molecule has 3 nitrogen and oxygen atoms in total. The monoisotopic (exact) mass is 205 g/mol. The number of hydrogen-bond acceptors (Lipinski definition) is 3. The van der Waals surface area contributed by atoms with E-state index in [0.717, 1.165) is 0 Å². The minimum Gasteiger partial charge on any atom is -0.389 e. The molecule has 7 heteroatoms. The third-order valence-electron chi connectivity index (χ3n) is 1.20. The average Bonchev–Trinajstić information content (AvgIpc) is 2.03. The van der Waals surface area contributed by atoms with Crippen LogP contribution < -0.4 is 5.73 Å². The highest BCUT2D eigenvalue weighted by atomic mass is 19.3. The fourth-order valence-electron chi connectivity index (χ4n) is 0.462. The van der Waals surface area contributed by atoms with Crippen LogP contribution in [0.15, 0.2) is 0 Å². The molecule has 0 radical (unpaired) electrons. The zero-order chi connectivity index (χ0) is 10.5. The maximum Gasteiger partial charge on any atom is 0.330 e. The van der Waals surface area contributed by atoms with Crippen molar-refractivity contribution in [1.29, 1.82) is 0 Å². The minimum atomic E-state index is -4.17. The second-order valence-corrected chi connectivity index (χ2v) is 2.47. The van der Waals surface area contributed by atoms with E-state index in [1.807, 2.05) is 0 Å². The van der Waals surface area contributed by atoms with E-state index >= 15 is 0 Å². The lowest BCUT2D eigenvalue weighted by atomic mass is 10.3. The molecular weight excluding hydrogens is 194 g/mol. The van der Waals surface area contributed by atoms with Gasteiger partial charge in [-0.3, -0.25) is 0 Å². The summed E-state index contributed by atoms with van der Waals surface area (Å²) in [5.74, 6) is -4.17. The maximum atomic E-state index is 12.1. The van der Waals surface area contributed by atoms with Gasteiger partial charge in [-0.05, 0) is 0 Å². The van der Waals surface area contributed by atoms with Crippen molar-refractivity contribution in [3.8, 4) is 0 Å². The summed E-state index contributed by atoms with van der Waals surface area (Å²) in [5.41, 5.74) is 4.92. The number of nitrogens with two attached hydrogens (primary N) is 1. The molecule has 1 unspecified atom stereocenters. The fraction of sp³-hybridized carbons (Fsp3) is 1.00. The summed E-state index contributed by atoms with van der Waals surface area (Å²) >= 11 is 0. The van der Waals surface area contributed by atoms with Crippen LogP contribution >= 0.6 is 0 Å². The lowest BCUT2D eigenvalue weighted by Gasteiger charge is -2.16. The van der Waals surface area contributed by atoms with Crippen LogP contribution in [0.25, 0.3) is 0 Å². The van der Waals surface area contributed by atoms with Crippen molar-refractivity contribution in [1.82, 2.24) is 0 Å². The number of hydrogen-bond donors (Lipinski definition) is 2. The average molecular weight is 205 g/mol. The quantitative estimate of drug-likeness (QED) is 0.610. The third kappa shape index (κ3) is 5.02. The van der Waals surface area contributed by atoms with Crippen LogP contribution in [0.5, 0.6) is 0 Å². The first kappa shape index (κ1) is 12.6. The minimum absolute atomic E-state index is 0.166. The molecule has 0 aliphatic heterocycles. The maximum absolute atomic E-state index is 12.1. The second kappa shape index (κ2) is 5.36. The van der Waals surface area contributed by atoms with Gasteiger partial charge in [0.2, 0.25) is 0 Å². The van der Waals surface area contributed by atoms with E-state index in [4.69, 9.17) is 10.8 Å². The normalized spacial score (nSPS) is 15.0. The van der Waals surface area contributed by atoms with Crippen molar-refractivity contribution < 1.29 is 27.4 Å². The number of ether oxygens (including phenoxy) is 1. The first-order chi connectivity index (χ1) is 5.90. The highest BCUT2D eigenvalue weighted by Crippen LogP contribution is 2.22. The Hall–Kier alpha value is -0.400. The molecule has 80 valence electrons. The van der Waals surface area contributed by atoms with Crippen LogP contribution in [0, 0.1) is 0 Å². The van der Waals surface area contributed by atoms with Gasteiger partial charge in [0, 0.05) is 6.54 Å². The van der Waals surface area contributed by atoms with Crippen LogP contribution in [0.3, 0.4) is 0 Å². The molecule has 0 aromatic carbocycles. The Labute approximate surface area is 72.5 Å². The molecule has 0 saturated heterocycles. The molecule has 0 aliphatic rings. The number of halogens is 4. The van der Waals surface area contributed by atoms with E-state index < -0.39 is 31.7 Å². The van der Waals surface area contributed by atoms with Crippen molar-refractivity contribution in [2.75, 3.05) is 19.8 Å². The van der Waals surface area contributed by atoms with Crippen molar-refractivity contribution in [3.63, 3.8) is 0 Å². The summed E-state index contributed by atoms with van der Waals surface area (Å²) in [4.78, 5) is 0. The van der Waals surface area contributed by atoms with E-state index in [2.05, 4.69) is 4.74 Å². The van der Waals surface area contributed by atoms with Crippen LogP contribution in [-0.4, -0.2) is 43.3 Å². The number of alkyl halides is 4. The Morgan fingerprint density at radius 3 is 2.31 bits per heavy atom. The summed E-state index contributed by atoms with van der Waals surface area (Å²) in [5, 5.41) is 8.71. The molecule has 13 heavy (non-hydrogen) atoms. The molecule has 0 bridgehead atoms. The molecule has 0 heterocycles. The van der Waals surface area contributed by atoms with Crippen molar-refractivity contribution in [2.45, 2.75) is 18.5 Å². The van der Waals surface area contributed by atoms with Gasteiger partial charge in [-0.2, -0.15) is 8.78 Å². The Kier molecular flexibility index (Phi) is 5.19. The molecule has 1 atom stereocenters. The zero-order valence-electron chi connectivity index (χ0n) is 6.72. The first-order valence-corrected chi connectivity index (χ1v) is 3.52. The van der Waals surface area contributed by atoms with Crippen molar-refractivity contribution in [3.05, 3.63) is 0 Å². The topological polar surface area (TPSA) is 55.5 Å². The van der Waals surface area contributed by atoms with Gasteiger partial charge in [0.25, 0.3) is 0 Å². The molecule has 3 N–H and O–H groups in total. The lowest BCUT2D eigenvalue weighted by molar-refractivity contribution is -0.170. The smallest absolute Gasteiger partial charge is 0.330 e. The Balaban J connectivity index is 3.63. The SMILES string of the molecule is NCC(O)COCC(F)(F)C(F)F. The Morgan fingerprint density at radius 2 is 1.92 bits per heavy atom. The predicted octanol–water partition coefficient (Wildman–Crippen LogP) is 0.223. The molecule has 0 amide bonds. The van der Waals surface area contributed by atoms with E-state index in [1.165, 1.54) is 0 Å². The van der Waals surface area contributed by atoms with Crippen molar-refractivity contribution >= 4 is 0 Å². The zero-order valence-corrected chi connectivity index (χ0v) is 6.72. The van der Waals surface area contributed by atoms with Gasteiger partial charge in [-0.15, -0.1) is 0 Å². The number of rotatable bonds is 6. The molecule has 0 rings (SSSR count). The third-order valence-corrected chi connectivity index (χ3v) is 1.20. The second-order valence-electron chi connectivity index (χ2n) is 2.47. The molecule has 0 fully saturated rings. The predicted molar refractivity (Wildman–Crippen MR) is 36.8 cm³/mol. The summed E-state index contributed by atoms with van der Waals surface area (Å²) in [6.07, 6.45) is -4.86. The van der Waals surface area contributed by atoms with Crippen molar-refractivity contribution in [2.24, 2.45) is 5.73 Å². The largest absolute Gasteiger partial charge is 0.389 e. The van der Waals surface area contributed by atoms with E-state index in [-0.39, 0.29) is 6.54 Å². The Morgan fingerprint density at radius 1 is 1.38 bits per heavy atom. The highest BCUT2D eigenvalue weighted by molar-refractivity contribution is 4.68. The van der Waals surface area contributed by atoms with E-state index in [1.54, 1.807) is 0 Å². The molecule has 0 aliphatic carbocycles. The lowest BCUT2D eigenvalue weighted by Crippen LogP contribution is -2.35. The molecule has 0 saturated carbocycles. The van der Waals surface area contributed by atoms with Gasteiger partial charge >= 0.3 is 12.3 Å². The van der Waals surface area contributed by atoms with Crippen LogP contribution in [-0.2, 0) is 4.74 Å². The summed E-state index contributed by atoms with van der Waals surface area (Å²) < 4.78 is 51.4. The molecule has 0 aromatic heterocycles. The standard InChI is InChI=1S/C6H11F4NO2/c7-5(8)6(9,10)3-13-2-4(12)1-11/h4-5,12H,1-3,11H2. The van der Waals surface area contributed by atoms with E-state index in [0.29, 0.717) is 0 Å².